The van der Waals surface area contributed by atoms with Gasteiger partial charge in [0.05, 0.1) is 18.0 Å². The van der Waals surface area contributed by atoms with E-state index in [1.807, 2.05) is 42.5 Å². The number of aromatic amines is 1. The van der Waals surface area contributed by atoms with Gasteiger partial charge in [0.25, 0.3) is 0 Å². The van der Waals surface area contributed by atoms with Gasteiger partial charge in [-0.2, -0.15) is 0 Å². The van der Waals surface area contributed by atoms with E-state index in [-0.39, 0.29) is 6.61 Å². The van der Waals surface area contributed by atoms with Crippen molar-refractivity contribution in [2.75, 3.05) is 0 Å². The van der Waals surface area contributed by atoms with Crippen molar-refractivity contribution < 1.29 is 5.11 Å². The summed E-state index contributed by atoms with van der Waals surface area (Å²) in [6.45, 7) is 0.00984. The van der Waals surface area contributed by atoms with Gasteiger partial charge in [0.2, 0.25) is 0 Å². The summed E-state index contributed by atoms with van der Waals surface area (Å²) in [5, 5.41) is 10.6. The highest BCUT2D eigenvalue weighted by atomic mass is 16.3. The van der Waals surface area contributed by atoms with Crippen LogP contribution in [0.1, 0.15) is 5.56 Å². The van der Waals surface area contributed by atoms with Crippen LogP contribution in [0.5, 0.6) is 0 Å². The van der Waals surface area contributed by atoms with Crippen LogP contribution >= 0.6 is 0 Å². The second-order valence-corrected chi connectivity index (χ2v) is 3.90. The number of H-pyrrole nitrogens is 1. The quantitative estimate of drug-likeness (QED) is 0.703. The van der Waals surface area contributed by atoms with E-state index in [4.69, 9.17) is 0 Å². The van der Waals surface area contributed by atoms with Crippen molar-refractivity contribution in [2.45, 2.75) is 6.61 Å². The maximum atomic E-state index is 9.52. The number of aliphatic hydroxyl groups is 1. The van der Waals surface area contributed by atoms with Crippen LogP contribution in [-0.4, -0.2) is 15.1 Å². The van der Waals surface area contributed by atoms with Crippen LogP contribution in [0.15, 0.2) is 48.7 Å². The summed E-state index contributed by atoms with van der Waals surface area (Å²) in [5.41, 5.74) is 3.68. The number of rotatable bonds is 2. The van der Waals surface area contributed by atoms with Gasteiger partial charge in [-0.25, -0.2) is 0 Å². The van der Waals surface area contributed by atoms with Gasteiger partial charge >= 0.3 is 0 Å². The average molecular weight is 224 g/mol. The summed E-state index contributed by atoms with van der Waals surface area (Å²) in [6, 6.07) is 13.7. The topological polar surface area (TPSA) is 48.9 Å². The number of hydrogen-bond donors (Lipinski definition) is 2. The Balaban J connectivity index is 2.30. The van der Waals surface area contributed by atoms with Gasteiger partial charge in [0.1, 0.15) is 0 Å². The molecule has 2 N–H and O–H groups in total. The number of aliphatic hydroxyl groups excluding tert-OH is 1. The molecule has 0 unspecified atom stereocenters. The molecule has 3 aromatic rings. The Hall–Kier alpha value is -2.13. The first kappa shape index (κ1) is 10.1. The van der Waals surface area contributed by atoms with E-state index in [1.165, 1.54) is 0 Å². The molecule has 2 aromatic heterocycles. The van der Waals surface area contributed by atoms with E-state index < -0.39 is 0 Å². The van der Waals surface area contributed by atoms with Gasteiger partial charge < -0.3 is 10.1 Å². The largest absolute Gasteiger partial charge is 0.392 e. The summed E-state index contributed by atoms with van der Waals surface area (Å²) in [5.74, 6) is 0. The van der Waals surface area contributed by atoms with Crippen molar-refractivity contribution >= 4 is 10.9 Å². The molecule has 0 fully saturated rings. The van der Waals surface area contributed by atoms with Crippen LogP contribution in [0.2, 0.25) is 0 Å². The van der Waals surface area contributed by atoms with Crippen molar-refractivity contribution in [1.29, 1.82) is 0 Å². The first-order valence-corrected chi connectivity index (χ1v) is 5.52. The third-order valence-corrected chi connectivity index (χ3v) is 2.89. The second kappa shape index (κ2) is 4.03. The first-order chi connectivity index (χ1) is 8.40. The molecule has 0 saturated carbocycles. The minimum atomic E-state index is 0.00984. The van der Waals surface area contributed by atoms with Crippen molar-refractivity contribution in [3.8, 4) is 11.4 Å². The minimum absolute atomic E-state index is 0.00984. The third kappa shape index (κ3) is 1.61. The normalized spacial score (nSPS) is 10.9. The number of pyridine rings is 1. The highest BCUT2D eigenvalue weighted by Gasteiger charge is 2.12. The summed E-state index contributed by atoms with van der Waals surface area (Å²) in [7, 11) is 0. The molecule has 0 aliphatic carbocycles. The van der Waals surface area contributed by atoms with Crippen molar-refractivity contribution in [3.63, 3.8) is 0 Å². The molecule has 0 saturated heterocycles. The van der Waals surface area contributed by atoms with E-state index in [2.05, 4.69) is 9.97 Å². The number of para-hydroxylation sites is 1. The fourth-order valence-corrected chi connectivity index (χ4v) is 2.09. The zero-order chi connectivity index (χ0) is 11.7. The molecule has 3 rings (SSSR count). The van der Waals surface area contributed by atoms with Gasteiger partial charge in [-0.15, -0.1) is 0 Å². The number of benzene rings is 1. The lowest BCUT2D eigenvalue weighted by molar-refractivity contribution is 0.284. The maximum absolute atomic E-state index is 9.52. The molecular formula is C14H12N2O. The van der Waals surface area contributed by atoms with E-state index >= 15 is 0 Å². The molecule has 0 bridgehead atoms. The molecule has 3 nitrogen and oxygen atoms in total. The van der Waals surface area contributed by atoms with E-state index in [1.54, 1.807) is 6.20 Å². The fourth-order valence-electron chi connectivity index (χ4n) is 2.09. The van der Waals surface area contributed by atoms with Gasteiger partial charge in [-0.1, -0.05) is 24.3 Å². The SMILES string of the molecule is OCc1c(-c2ccccn2)[nH]c2ccccc12. The molecule has 0 atom stereocenters. The highest BCUT2D eigenvalue weighted by molar-refractivity contribution is 5.89. The van der Waals surface area contributed by atoms with Crippen LogP contribution < -0.4 is 0 Å². The van der Waals surface area contributed by atoms with Crippen LogP contribution in [-0.2, 0) is 6.61 Å². The summed E-state index contributed by atoms with van der Waals surface area (Å²) in [6.07, 6.45) is 1.75. The predicted molar refractivity (Wildman–Crippen MR) is 67.5 cm³/mol. The molecule has 2 heterocycles. The third-order valence-electron chi connectivity index (χ3n) is 2.89. The molecule has 0 aliphatic rings. The Bertz CT molecular complexity index is 644. The number of hydrogen-bond acceptors (Lipinski definition) is 2. The van der Waals surface area contributed by atoms with Crippen LogP contribution in [0, 0.1) is 0 Å². The number of aromatic nitrogens is 2. The van der Waals surface area contributed by atoms with Gasteiger partial charge in [-0.3, -0.25) is 4.98 Å². The predicted octanol–water partition coefficient (Wildman–Crippen LogP) is 2.72. The lowest BCUT2D eigenvalue weighted by Gasteiger charge is -2.00. The fraction of sp³-hybridized carbons (Fsp3) is 0.0714. The van der Waals surface area contributed by atoms with Crippen LogP contribution in [0.25, 0.3) is 22.3 Å². The summed E-state index contributed by atoms with van der Waals surface area (Å²) < 4.78 is 0. The van der Waals surface area contributed by atoms with Gasteiger partial charge in [0, 0.05) is 22.7 Å². The molecule has 0 radical (unpaired) electrons. The van der Waals surface area contributed by atoms with Crippen LogP contribution in [0.3, 0.4) is 0 Å². The molecule has 0 spiro atoms. The zero-order valence-corrected chi connectivity index (χ0v) is 9.22. The Kier molecular flexibility index (Phi) is 2.38. The average Bonchev–Trinajstić information content (AvgIpc) is 2.78. The van der Waals surface area contributed by atoms with E-state index in [0.29, 0.717) is 0 Å². The van der Waals surface area contributed by atoms with Crippen molar-refractivity contribution in [3.05, 3.63) is 54.2 Å². The molecule has 17 heavy (non-hydrogen) atoms. The molecule has 3 heteroatoms. The molecular weight excluding hydrogens is 212 g/mol. The molecule has 1 aromatic carbocycles. The van der Waals surface area contributed by atoms with Gasteiger partial charge in [0.15, 0.2) is 0 Å². The lowest BCUT2D eigenvalue weighted by Crippen LogP contribution is -1.88. The lowest BCUT2D eigenvalue weighted by atomic mass is 10.1. The van der Waals surface area contributed by atoms with Gasteiger partial charge in [-0.05, 0) is 18.2 Å². The summed E-state index contributed by atoms with van der Waals surface area (Å²) in [4.78, 5) is 7.62. The highest BCUT2D eigenvalue weighted by Crippen LogP contribution is 2.28. The van der Waals surface area contributed by atoms with E-state index in [0.717, 1.165) is 27.9 Å². The first-order valence-electron chi connectivity index (χ1n) is 5.52. The molecule has 0 aliphatic heterocycles. The Morgan fingerprint density at radius 3 is 2.65 bits per heavy atom. The molecule has 84 valence electrons. The van der Waals surface area contributed by atoms with Crippen LogP contribution in [0.4, 0.5) is 0 Å². The second-order valence-electron chi connectivity index (χ2n) is 3.90. The standard InChI is InChI=1S/C14H12N2O/c17-9-11-10-5-1-2-6-12(10)16-14(11)13-7-3-4-8-15-13/h1-8,16-17H,9H2. The molecule has 0 amide bonds. The Morgan fingerprint density at radius 1 is 1.06 bits per heavy atom. The van der Waals surface area contributed by atoms with Crippen molar-refractivity contribution in [1.82, 2.24) is 9.97 Å². The number of nitrogens with zero attached hydrogens (tertiary/aromatic N) is 1. The minimum Gasteiger partial charge on any atom is -0.392 e. The van der Waals surface area contributed by atoms with Crippen molar-refractivity contribution in [2.24, 2.45) is 0 Å². The maximum Gasteiger partial charge on any atom is 0.0868 e. The monoisotopic (exact) mass is 224 g/mol. The Morgan fingerprint density at radius 2 is 1.88 bits per heavy atom. The zero-order valence-electron chi connectivity index (χ0n) is 9.22. The smallest absolute Gasteiger partial charge is 0.0868 e. The Labute approximate surface area is 98.8 Å². The number of fused-ring (bicyclic) bond motifs is 1. The summed E-state index contributed by atoms with van der Waals surface area (Å²) >= 11 is 0. The number of nitrogens with one attached hydrogen (secondary N) is 1. The van der Waals surface area contributed by atoms with E-state index in [9.17, 15) is 5.11 Å².